The lowest BCUT2D eigenvalue weighted by molar-refractivity contribution is -0.123. The van der Waals surface area contributed by atoms with Crippen molar-refractivity contribution in [3.63, 3.8) is 0 Å². The van der Waals surface area contributed by atoms with Gasteiger partial charge < -0.3 is 10.1 Å². The van der Waals surface area contributed by atoms with Gasteiger partial charge in [0.1, 0.15) is 5.75 Å². The summed E-state index contributed by atoms with van der Waals surface area (Å²) in [5.41, 5.74) is 0.576. The fourth-order valence-electron chi connectivity index (χ4n) is 3.06. The van der Waals surface area contributed by atoms with Crippen LogP contribution in [0.25, 0.3) is 0 Å². The molecule has 1 saturated heterocycles. The molecule has 6 heteroatoms. The highest BCUT2D eigenvalue weighted by Crippen LogP contribution is 2.20. The smallest absolute Gasteiger partial charge is 0.257 e. The van der Waals surface area contributed by atoms with E-state index < -0.39 is 0 Å². The number of rotatable bonds is 7. The number of hydrogen-bond acceptors (Lipinski definition) is 5. The predicted molar refractivity (Wildman–Crippen MR) is 102 cm³/mol. The molecule has 0 aliphatic carbocycles. The van der Waals surface area contributed by atoms with E-state index in [-0.39, 0.29) is 12.5 Å². The summed E-state index contributed by atoms with van der Waals surface area (Å²) in [4.78, 5) is 15.9. The van der Waals surface area contributed by atoms with Crippen LogP contribution in [0.1, 0.15) is 23.3 Å². The third-order valence-electron chi connectivity index (χ3n) is 4.61. The number of nitriles is 1. The number of piperidine rings is 1. The van der Waals surface area contributed by atoms with Gasteiger partial charge in [-0.1, -0.05) is 6.07 Å². The normalized spacial score (nSPS) is 15.3. The molecule has 0 bridgehead atoms. The second-order valence-corrected chi connectivity index (χ2v) is 7.56. The molecule has 1 amide bonds. The molecule has 1 aliphatic rings. The number of nitrogens with zero attached hydrogens (tertiary/aromatic N) is 2. The largest absolute Gasteiger partial charge is 0.484 e. The van der Waals surface area contributed by atoms with E-state index in [0.29, 0.717) is 23.8 Å². The van der Waals surface area contributed by atoms with Crippen LogP contribution >= 0.6 is 11.3 Å². The molecule has 5 nitrogen and oxygen atoms in total. The highest BCUT2D eigenvalue weighted by Gasteiger charge is 2.20. The van der Waals surface area contributed by atoms with Crippen molar-refractivity contribution in [3.05, 3.63) is 52.2 Å². The van der Waals surface area contributed by atoms with E-state index in [2.05, 4.69) is 33.8 Å². The van der Waals surface area contributed by atoms with Crippen molar-refractivity contribution in [1.29, 1.82) is 5.26 Å². The molecule has 1 aliphatic heterocycles. The van der Waals surface area contributed by atoms with Gasteiger partial charge in [0.25, 0.3) is 5.91 Å². The Balaban J connectivity index is 1.31. The Morgan fingerprint density at radius 3 is 2.69 bits per heavy atom. The quantitative estimate of drug-likeness (QED) is 0.815. The van der Waals surface area contributed by atoms with Gasteiger partial charge in [-0.15, -0.1) is 11.3 Å². The van der Waals surface area contributed by atoms with Crippen molar-refractivity contribution >= 4 is 17.2 Å². The van der Waals surface area contributed by atoms with E-state index in [4.69, 9.17) is 10.00 Å². The minimum Gasteiger partial charge on any atom is -0.484 e. The van der Waals surface area contributed by atoms with Crippen molar-refractivity contribution in [2.45, 2.75) is 19.4 Å². The number of ether oxygens (including phenoxy) is 1. The third kappa shape index (κ3) is 5.58. The van der Waals surface area contributed by atoms with Crippen LogP contribution in [0, 0.1) is 17.2 Å². The van der Waals surface area contributed by atoms with Crippen molar-refractivity contribution in [2.24, 2.45) is 5.92 Å². The van der Waals surface area contributed by atoms with Crippen LogP contribution < -0.4 is 10.1 Å². The molecule has 1 aromatic carbocycles. The molecule has 0 radical (unpaired) electrons. The maximum Gasteiger partial charge on any atom is 0.257 e. The second kappa shape index (κ2) is 9.37. The summed E-state index contributed by atoms with van der Waals surface area (Å²) in [6, 6.07) is 13.1. The van der Waals surface area contributed by atoms with Gasteiger partial charge in [-0.2, -0.15) is 5.26 Å². The van der Waals surface area contributed by atoms with Crippen molar-refractivity contribution in [2.75, 3.05) is 26.2 Å². The summed E-state index contributed by atoms with van der Waals surface area (Å²) in [5.74, 6) is 1.03. The molecule has 26 heavy (non-hydrogen) atoms. The topological polar surface area (TPSA) is 65.4 Å². The molecule has 0 unspecified atom stereocenters. The van der Waals surface area contributed by atoms with Gasteiger partial charge in [0, 0.05) is 18.0 Å². The predicted octanol–water partition coefficient (Wildman–Crippen LogP) is 3.03. The molecule has 136 valence electrons. The summed E-state index contributed by atoms with van der Waals surface area (Å²) in [6.07, 6.45) is 2.23. The fraction of sp³-hybridized carbons (Fsp3) is 0.400. The fourth-order valence-corrected chi connectivity index (χ4v) is 3.80. The second-order valence-electron chi connectivity index (χ2n) is 6.53. The highest BCUT2D eigenvalue weighted by molar-refractivity contribution is 7.09. The van der Waals surface area contributed by atoms with Gasteiger partial charge in [0.15, 0.2) is 6.61 Å². The monoisotopic (exact) mass is 369 g/mol. The Kier molecular flexibility index (Phi) is 6.64. The lowest BCUT2D eigenvalue weighted by Gasteiger charge is -2.31. The van der Waals surface area contributed by atoms with Crippen LogP contribution in [0.4, 0.5) is 0 Å². The Hall–Kier alpha value is -2.36. The SMILES string of the molecule is N#Cc1ccc(OCC(=O)NCC2CCN(Cc3cccs3)CC2)cc1. The zero-order valence-corrected chi connectivity index (χ0v) is 15.5. The molecule has 1 N–H and O–H groups in total. The first-order valence-electron chi connectivity index (χ1n) is 8.87. The maximum atomic E-state index is 12.0. The minimum absolute atomic E-state index is 0.00310. The van der Waals surface area contributed by atoms with Gasteiger partial charge >= 0.3 is 0 Å². The number of likely N-dealkylation sites (tertiary alicyclic amines) is 1. The summed E-state index contributed by atoms with van der Waals surface area (Å²) < 4.78 is 5.45. The lowest BCUT2D eigenvalue weighted by atomic mass is 9.97. The van der Waals surface area contributed by atoms with Crippen molar-refractivity contribution in [3.8, 4) is 11.8 Å². The van der Waals surface area contributed by atoms with Gasteiger partial charge in [-0.25, -0.2) is 0 Å². The molecular weight excluding hydrogens is 346 g/mol. The zero-order chi connectivity index (χ0) is 18.2. The van der Waals surface area contributed by atoms with Crippen LogP contribution in [0.2, 0.25) is 0 Å². The average molecular weight is 369 g/mol. The van der Waals surface area contributed by atoms with E-state index >= 15 is 0 Å². The van der Waals surface area contributed by atoms with E-state index in [9.17, 15) is 4.79 Å². The van der Waals surface area contributed by atoms with Crippen LogP contribution in [0.15, 0.2) is 41.8 Å². The number of benzene rings is 1. The summed E-state index contributed by atoms with van der Waals surface area (Å²) >= 11 is 1.81. The number of nitrogens with one attached hydrogen (secondary N) is 1. The Bertz CT molecular complexity index is 729. The molecule has 0 spiro atoms. The minimum atomic E-state index is -0.102. The van der Waals surface area contributed by atoms with Crippen molar-refractivity contribution < 1.29 is 9.53 Å². The number of carbonyl (C=O) groups excluding carboxylic acids is 1. The Labute approximate surface area is 158 Å². The molecule has 2 heterocycles. The molecular formula is C20H23N3O2S. The number of thiophene rings is 1. The maximum absolute atomic E-state index is 12.0. The molecule has 1 fully saturated rings. The average Bonchev–Trinajstić information content (AvgIpc) is 3.19. The van der Waals surface area contributed by atoms with Crippen LogP contribution in [-0.2, 0) is 11.3 Å². The third-order valence-corrected chi connectivity index (χ3v) is 5.47. The van der Waals surface area contributed by atoms with E-state index in [1.54, 1.807) is 24.3 Å². The Morgan fingerprint density at radius 2 is 2.04 bits per heavy atom. The van der Waals surface area contributed by atoms with Gasteiger partial charge in [0.05, 0.1) is 11.6 Å². The van der Waals surface area contributed by atoms with E-state index in [1.807, 2.05) is 11.3 Å². The van der Waals surface area contributed by atoms with Crippen LogP contribution in [-0.4, -0.2) is 37.0 Å². The molecule has 0 atom stereocenters. The van der Waals surface area contributed by atoms with Gasteiger partial charge in [0.2, 0.25) is 0 Å². The summed E-state index contributed by atoms with van der Waals surface area (Å²) in [6.45, 7) is 3.92. The van der Waals surface area contributed by atoms with Crippen molar-refractivity contribution in [1.82, 2.24) is 10.2 Å². The summed E-state index contributed by atoms with van der Waals surface area (Å²) in [5, 5.41) is 13.9. The number of amides is 1. The first-order valence-corrected chi connectivity index (χ1v) is 9.75. The zero-order valence-electron chi connectivity index (χ0n) is 14.7. The van der Waals surface area contributed by atoms with E-state index in [1.165, 1.54) is 4.88 Å². The number of hydrogen-bond donors (Lipinski definition) is 1. The Morgan fingerprint density at radius 1 is 1.27 bits per heavy atom. The molecule has 1 aromatic heterocycles. The van der Waals surface area contributed by atoms with E-state index in [0.717, 1.165) is 32.5 Å². The lowest BCUT2D eigenvalue weighted by Crippen LogP contribution is -2.39. The number of carbonyl (C=O) groups is 1. The molecule has 0 saturated carbocycles. The standard InChI is InChI=1S/C20H23N3O2S/c21-12-16-3-5-18(6-4-16)25-15-20(24)22-13-17-7-9-23(10-8-17)14-19-2-1-11-26-19/h1-6,11,17H,7-10,13-15H2,(H,22,24). The van der Waals surface area contributed by atoms with Crippen LogP contribution in [0.5, 0.6) is 5.75 Å². The van der Waals surface area contributed by atoms with Crippen LogP contribution in [0.3, 0.4) is 0 Å². The molecule has 3 rings (SSSR count). The summed E-state index contributed by atoms with van der Waals surface area (Å²) in [7, 11) is 0. The first-order chi connectivity index (χ1) is 12.7. The highest BCUT2D eigenvalue weighted by atomic mass is 32.1. The first kappa shape index (κ1) is 18.4. The van der Waals surface area contributed by atoms with Gasteiger partial charge in [-0.05, 0) is 67.6 Å². The van der Waals surface area contributed by atoms with Gasteiger partial charge in [-0.3, -0.25) is 9.69 Å². The molecule has 2 aromatic rings.